The van der Waals surface area contributed by atoms with Crippen LogP contribution in [0.1, 0.15) is 103 Å². The maximum atomic E-state index is 12.3. The number of rotatable bonds is 19. The summed E-state index contributed by atoms with van der Waals surface area (Å²) < 4.78 is 36.2. The first kappa shape index (κ1) is 28.6. The Hall–Kier alpha value is -1.44. The SMILES string of the molecule is CCCCCCCCCC(CCCCCCCC(=O)N(C)c1ccccc1)OS(=O)(=O)O. The minimum Gasteiger partial charge on any atom is -0.316 e. The predicted octanol–water partition coefficient (Wildman–Crippen LogP) is 6.71. The highest BCUT2D eigenvalue weighted by Crippen LogP contribution is 2.19. The molecule has 6 nitrogen and oxygen atoms in total. The Morgan fingerprint density at radius 2 is 1.38 bits per heavy atom. The molecule has 0 aromatic heterocycles. The van der Waals surface area contributed by atoms with E-state index in [0.717, 1.165) is 57.1 Å². The zero-order valence-electron chi connectivity index (χ0n) is 20.0. The first-order valence-corrected chi connectivity index (χ1v) is 13.7. The van der Waals surface area contributed by atoms with E-state index >= 15 is 0 Å². The van der Waals surface area contributed by atoms with Gasteiger partial charge in [-0.15, -0.1) is 0 Å². The average molecular weight is 470 g/mol. The van der Waals surface area contributed by atoms with Gasteiger partial charge in [0, 0.05) is 19.2 Å². The number of para-hydroxylation sites is 1. The lowest BCUT2D eigenvalue weighted by Crippen LogP contribution is -2.25. The molecule has 0 aliphatic carbocycles. The first-order chi connectivity index (χ1) is 15.3. The van der Waals surface area contributed by atoms with Gasteiger partial charge in [-0.25, -0.2) is 4.18 Å². The number of unbranched alkanes of at least 4 members (excludes halogenated alkanes) is 10. The minimum atomic E-state index is -4.41. The monoisotopic (exact) mass is 469 g/mol. The van der Waals surface area contributed by atoms with Crippen molar-refractivity contribution in [1.29, 1.82) is 0 Å². The van der Waals surface area contributed by atoms with Gasteiger partial charge in [0.15, 0.2) is 0 Å². The molecule has 1 rings (SSSR count). The molecule has 0 heterocycles. The maximum Gasteiger partial charge on any atom is 0.397 e. The number of carbonyl (C=O) groups is 1. The summed E-state index contributed by atoms with van der Waals surface area (Å²) in [6, 6.07) is 9.63. The third-order valence-electron chi connectivity index (χ3n) is 5.82. The summed E-state index contributed by atoms with van der Waals surface area (Å²) in [4.78, 5) is 14.0. The zero-order chi connectivity index (χ0) is 23.7. The Balaban J connectivity index is 2.17. The van der Waals surface area contributed by atoms with Crippen LogP contribution in [0.15, 0.2) is 30.3 Å². The predicted molar refractivity (Wildman–Crippen MR) is 131 cm³/mol. The van der Waals surface area contributed by atoms with Gasteiger partial charge in [0.2, 0.25) is 5.91 Å². The topological polar surface area (TPSA) is 83.9 Å². The molecule has 0 radical (unpaired) electrons. The van der Waals surface area contributed by atoms with Crippen molar-refractivity contribution in [1.82, 2.24) is 0 Å². The second-order valence-electron chi connectivity index (χ2n) is 8.65. The Morgan fingerprint density at radius 3 is 1.91 bits per heavy atom. The molecule has 1 unspecified atom stereocenters. The molecule has 0 fully saturated rings. The standard InChI is InChI=1S/C25H43NO5S/c1-3-4-5-6-7-9-15-20-24(31-32(28,29)30)21-16-10-8-11-17-22-25(27)26(2)23-18-13-12-14-19-23/h12-14,18-19,24H,3-11,15-17,20-22H2,1-2H3,(H,28,29,30). The molecule has 0 saturated carbocycles. The van der Waals surface area contributed by atoms with Crippen molar-refractivity contribution in [2.24, 2.45) is 0 Å². The van der Waals surface area contributed by atoms with Crippen molar-refractivity contribution in [2.45, 2.75) is 109 Å². The third-order valence-corrected chi connectivity index (χ3v) is 6.34. The van der Waals surface area contributed by atoms with Crippen LogP contribution in [0.3, 0.4) is 0 Å². The third kappa shape index (κ3) is 14.6. The summed E-state index contributed by atoms with van der Waals surface area (Å²) in [6.07, 6.45) is 14.1. The highest BCUT2D eigenvalue weighted by molar-refractivity contribution is 7.80. The van der Waals surface area contributed by atoms with E-state index in [1.54, 1.807) is 11.9 Å². The largest absolute Gasteiger partial charge is 0.397 e. The van der Waals surface area contributed by atoms with E-state index in [4.69, 9.17) is 8.74 Å². The molecule has 1 aromatic rings. The number of carbonyl (C=O) groups excluding carboxylic acids is 1. The minimum absolute atomic E-state index is 0.118. The molecule has 0 saturated heterocycles. The van der Waals surface area contributed by atoms with Gasteiger partial charge >= 0.3 is 10.4 Å². The summed E-state index contributed by atoms with van der Waals surface area (Å²) in [5, 5.41) is 0. The van der Waals surface area contributed by atoms with E-state index < -0.39 is 16.5 Å². The van der Waals surface area contributed by atoms with Gasteiger partial charge in [0.1, 0.15) is 0 Å². The molecule has 1 atom stereocenters. The lowest BCUT2D eigenvalue weighted by Gasteiger charge is -2.17. The number of hydrogen-bond donors (Lipinski definition) is 1. The summed E-state index contributed by atoms with van der Waals surface area (Å²) in [5.41, 5.74) is 0.906. The van der Waals surface area contributed by atoms with Crippen molar-refractivity contribution in [3.63, 3.8) is 0 Å². The second kappa shape index (κ2) is 17.1. The fourth-order valence-corrected chi connectivity index (χ4v) is 4.42. The number of hydrogen-bond acceptors (Lipinski definition) is 4. The Morgan fingerprint density at radius 1 is 0.875 bits per heavy atom. The first-order valence-electron chi connectivity index (χ1n) is 12.3. The molecule has 1 N–H and O–H groups in total. The quantitative estimate of drug-likeness (QED) is 0.180. The van der Waals surface area contributed by atoms with Crippen molar-refractivity contribution in [3.05, 3.63) is 30.3 Å². The van der Waals surface area contributed by atoms with Gasteiger partial charge in [-0.3, -0.25) is 9.35 Å². The van der Waals surface area contributed by atoms with E-state index in [1.165, 1.54) is 25.7 Å². The average Bonchev–Trinajstić information content (AvgIpc) is 2.76. The van der Waals surface area contributed by atoms with Gasteiger partial charge in [0.05, 0.1) is 6.10 Å². The van der Waals surface area contributed by atoms with Crippen molar-refractivity contribution in [2.75, 3.05) is 11.9 Å². The lowest BCUT2D eigenvalue weighted by molar-refractivity contribution is -0.118. The molecule has 32 heavy (non-hydrogen) atoms. The molecule has 0 aliphatic heterocycles. The number of anilines is 1. The molecular weight excluding hydrogens is 426 g/mol. The van der Waals surface area contributed by atoms with E-state index in [1.807, 2.05) is 30.3 Å². The fraction of sp³-hybridized carbons (Fsp3) is 0.720. The van der Waals surface area contributed by atoms with Crippen LogP contribution in [-0.4, -0.2) is 32.0 Å². The lowest BCUT2D eigenvalue weighted by atomic mass is 10.0. The van der Waals surface area contributed by atoms with E-state index in [9.17, 15) is 13.2 Å². The van der Waals surface area contributed by atoms with Crippen LogP contribution >= 0.6 is 0 Å². The zero-order valence-corrected chi connectivity index (χ0v) is 20.8. The van der Waals surface area contributed by atoms with Crippen LogP contribution in [0.25, 0.3) is 0 Å². The molecule has 7 heteroatoms. The van der Waals surface area contributed by atoms with Crippen molar-refractivity contribution >= 4 is 22.0 Å². The van der Waals surface area contributed by atoms with E-state index in [-0.39, 0.29) is 5.91 Å². The number of benzene rings is 1. The van der Waals surface area contributed by atoms with Gasteiger partial charge < -0.3 is 4.90 Å². The highest BCUT2D eigenvalue weighted by Gasteiger charge is 2.16. The van der Waals surface area contributed by atoms with E-state index in [2.05, 4.69) is 6.92 Å². The second-order valence-corrected chi connectivity index (χ2v) is 9.70. The van der Waals surface area contributed by atoms with Gasteiger partial charge in [-0.2, -0.15) is 8.42 Å². The molecular formula is C25H43NO5S. The van der Waals surface area contributed by atoms with Crippen LogP contribution in [0.4, 0.5) is 5.69 Å². The Labute approximate surface area is 195 Å². The Bertz CT molecular complexity index is 708. The summed E-state index contributed by atoms with van der Waals surface area (Å²) >= 11 is 0. The van der Waals surface area contributed by atoms with Crippen LogP contribution in [0.2, 0.25) is 0 Å². The van der Waals surface area contributed by atoms with E-state index in [0.29, 0.717) is 19.3 Å². The smallest absolute Gasteiger partial charge is 0.316 e. The molecule has 0 spiro atoms. The maximum absolute atomic E-state index is 12.3. The number of nitrogens with zero attached hydrogens (tertiary/aromatic N) is 1. The molecule has 1 amide bonds. The van der Waals surface area contributed by atoms with Crippen LogP contribution in [0.5, 0.6) is 0 Å². The van der Waals surface area contributed by atoms with Gasteiger partial charge in [-0.1, -0.05) is 95.8 Å². The summed E-state index contributed by atoms with van der Waals surface area (Å²) in [5.74, 6) is 0.118. The number of amides is 1. The van der Waals surface area contributed by atoms with Crippen LogP contribution < -0.4 is 4.90 Å². The molecule has 1 aromatic carbocycles. The van der Waals surface area contributed by atoms with Gasteiger partial charge in [0.25, 0.3) is 0 Å². The van der Waals surface area contributed by atoms with Crippen molar-refractivity contribution < 1.29 is 21.9 Å². The van der Waals surface area contributed by atoms with Crippen molar-refractivity contribution in [3.8, 4) is 0 Å². The fourth-order valence-electron chi connectivity index (χ4n) is 3.88. The Kier molecular flexibility index (Phi) is 15.3. The van der Waals surface area contributed by atoms with Crippen LogP contribution in [-0.2, 0) is 19.4 Å². The molecule has 0 aliphatic rings. The van der Waals surface area contributed by atoms with Gasteiger partial charge in [-0.05, 0) is 31.4 Å². The normalized spacial score (nSPS) is 12.6. The molecule has 184 valence electrons. The highest BCUT2D eigenvalue weighted by atomic mass is 32.3. The van der Waals surface area contributed by atoms with Crippen LogP contribution in [0, 0.1) is 0 Å². The summed E-state index contributed by atoms with van der Waals surface area (Å²) in [7, 11) is -2.61. The molecule has 0 bridgehead atoms. The summed E-state index contributed by atoms with van der Waals surface area (Å²) in [6.45, 7) is 2.20.